The van der Waals surface area contributed by atoms with E-state index in [-0.39, 0.29) is 24.0 Å². The highest BCUT2D eigenvalue weighted by atomic mass is 127. The summed E-state index contributed by atoms with van der Waals surface area (Å²) in [6.07, 6.45) is 8.05. The van der Waals surface area contributed by atoms with Crippen molar-refractivity contribution < 1.29 is 28.5 Å². The fourth-order valence-electron chi connectivity index (χ4n) is 1.64. The zero-order chi connectivity index (χ0) is 13.0. The Bertz CT molecular complexity index is 545. The van der Waals surface area contributed by atoms with Crippen LogP contribution in [0, 0.1) is 0 Å². The van der Waals surface area contributed by atoms with Gasteiger partial charge in [0.15, 0.2) is 12.4 Å². The molecule has 0 spiro atoms. The predicted octanol–water partition coefficient (Wildman–Crippen LogP) is 1.48. The van der Waals surface area contributed by atoms with E-state index in [4.69, 9.17) is 23.2 Å². The van der Waals surface area contributed by atoms with Gasteiger partial charge in [0.25, 0.3) is 0 Å². The maximum absolute atomic E-state index is 6.10. The number of hydrogen-bond donors (Lipinski definition) is 0. The summed E-state index contributed by atoms with van der Waals surface area (Å²) in [5, 5.41) is 1.33. The van der Waals surface area contributed by atoms with Crippen molar-refractivity contribution in [2.45, 2.75) is 13.5 Å². The molecule has 2 aromatic rings. The largest absolute Gasteiger partial charge is 1.00 e. The van der Waals surface area contributed by atoms with Crippen LogP contribution in [-0.4, -0.2) is 0 Å². The second-order valence-corrected chi connectivity index (χ2v) is 4.74. The summed E-state index contributed by atoms with van der Waals surface area (Å²) in [5.74, 6) is 0. The van der Waals surface area contributed by atoms with Crippen molar-refractivity contribution >= 4 is 35.4 Å². The van der Waals surface area contributed by atoms with Crippen LogP contribution in [0.5, 0.6) is 0 Å². The van der Waals surface area contributed by atoms with Gasteiger partial charge in [0, 0.05) is 27.7 Å². The lowest BCUT2D eigenvalue weighted by molar-refractivity contribution is -0.693. The Hall–Kier alpha value is -0.580. The van der Waals surface area contributed by atoms with Gasteiger partial charge in [-0.3, -0.25) is 0 Å². The van der Waals surface area contributed by atoms with Gasteiger partial charge in [-0.05, 0) is 24.6 Å². The number of nitrogens with zero attached hydrogens (tertiary/aromatic N) is 1. The first-order chi connectivity index (χ1) is 8.70. The van der Waals surface area contributed by atoms with E-state index < -0.39 is 0 Å². The van der Waals surface area contributed by atoms with Crippen molar-refractivity contribution in [2.24, 2.45) is 0 Å². The number of hydrogen-bond acceptors (Lipinski definition) is 0. The molecular formula is C15H14Cl2IN. The number of aromatic nitrogens is 1. The van der Waals surface area contributed by atoms with Crippen molar-refractivity contribution in [1.29, 1.82) is 0 Å². The fraction of sp³-hybridized carbons (Fsp3) is 0.133. The first-order valence-electron chi connectivity index (χ1n) is 5.82. The third-order valence-corrected chi connectivity index (χ3v) is 3.38. The summed E-state index contributed by atoms with van der Waals surface area (Å²) in [6, 6.07) is 9.64. The van der Waals surface area contributed by atoms with Crippen LogP contribution in [0.2, 0.25) is 10.0 Å². The van der Waals surface area contributed by atoms with Crippen molar-refractivity contribution in [1.82, 2.24) is 0 Å². The van der Waals surface area contributed by atoms with E-state index in [2.05, 4.69) is 23.6 Å². The van der Waals surface area contributed by atoms with Crippen LogP contribution in [0.15, 0.2) is 42.7 Å². The highest BCUT2D eigenvalue weighted by molar-refractivity contribution is 6.37. The lowest BCUT2D eigenvalue weighted by Crippen LogP contribution is -3.00. The molecular weight excluding hydrogens is 392 g/mol. The lowest BCUT2D eigenvalue weighted by atomic mass is 10.1. The van der Waals surface area contributed by atoms with Crippen molar-refractivity contribution in [3.05, 3.63) is 63.9 Å². The molecule has 0 atom stereocenters. The van der Waals surface area contributed by atoms with Crippen LogP contribution in [0.4, 0.5) is 0 Å². The summed E-state index contributed by atoms with van der Waals surface area (Å²) in [7, 11) is 0. The minimum atomic E-state index is 0. The van der Waals surface area contributed by atoms with Crippen molar-refractivity contribution in [3.8, 4) is 0 Å². The molecule has 0 saturated carbocycles. The van der Waals surface area contributed by atoms with E-state index >= 15 is 0 Å². The highest BCUT2D eigenvalue weighted by Gasteiger charge is 2.01. The molecule has 1 aromatic heterocycles. The lowest BCUT2D eigenvalue weighted by Gasteiger charge is -2.00. The van der Waals surface area contributed by atoms with Crippen LogP contribution in [0.25, 0.3) is 12.2 Å². The molecule has 0 fully saturated rings. The fourth-order valence-corrected chi connectivity index (χ4v) is 2.16. The van der Waals surface area contributed by atoms with Gasteiger partial charge < -0.3 is 24.0 Å². The van der Waals surface area contributed by atoms with Gasteiger partial charge in [0.1, 0.15) is 6.54 Å². The SMILES string of the molecule is CC[n+]1ccc(/C=C\c2c(Cl)cccc2Cl)cc1.[I-]. The van der Waals surface area contributed by atoms with Crippen molar-refractivity contribution in [2.75, 3.05) is 0 Å². The molecule has 0 amide bonds. The van der Waals surface area contributed by atoms with E-state index in [9.17, 15) is 0 Å². The third-order valence-electron chi connectivity index (χ3n) is 2.72. The Labute approximate surface area is 140 Å². The second-order valence-electron chi connectivity index (χ2n) is 3.93. The normalized spacial score (nSPS) is 10.5. The van der Waals surface area contributed by atoms with Gasteiger partial charge in [0.05, 0.1) is 0 Å². The average Bonchev–Trinajstić information content (AvgIpc) is 2.39. The number of rotatable bonds is 3. The van der Waals surface area contributed by atoms with Gasteiger partial charge in [-0.1, -0.05) is 41.4 Å². The predicted molar refractivity (Wildman–Crippen MR) is 77.7 cm³/mol. The molecule has 0 radical (unpaired) electrons. The zero-order valence-corrected chi connectivity index (χ0v) is 14.2. The summed E-state index contributed by atoms with van der Waals surface area (Å²) in [6.45, 7) is 3.08. The molecule has 100 valence electrons. The minimum Gasteiger partial charge on any atom is -1.00 e. The van der Waals surface area contributed by atoms with E-state index in [1.807, 2.05) is 42.7 Å². The number of pyridine rings is 1. The summed E-state index contributed by atoms with van der Waals surface area (Å²) in [4.78, 5) is 0. The Morgan fingerprint density at radius 1 is 1.00 bits per heavy atom. The van der Waals surface area contributed by atoms with Gasteiger partial charge >= 0.3 is 0 Å². The summed E-state index contributed by atoms with van der Waals surface area (Å²) < 4.78 is 2.11. The molecule has 1 aromatic carbocycles. The molecule has 1 heterocycles. The van der Waals surface area contributed by atoms with E-state index in [0.717, 1.165) is 17.7 Å². The van der Waals surface area contributed by atoms with Gasteiger partial charge in [-0.2, -0.15) is 0 Å². The van der Waals surface area contributed by atoms with Crippen LogP contribution < -0.4 is 28.5 Å². The maximum atomic E-state index is 6.10. The summed E-state index contributed by atoms with van der Waals surface area (Å²) in [5.41, 5.74) is 1.98. The first kappa shape index (κ1) is 16.5. The van der Waals surface area contributed by atoms with Crippen molar-refractivity contribution in [3.63, 3.8) is 0 Å². The van der Waals surface area contributed by atoms with Crippen LogP contribution >= 0.6 is 23.2 Å². The molecule has 2 rings (SSSR count). The maximum Gasteiger partial charge on any atom is 0.169 e. The highest BCUT2D eigenvalue weighted by Crippen LogP contribution is 2.26. The molecule has 19 heavy (non-hydrogen) atoms. The summed E-state index contributed by atoms with van der Waals surface area (Å²) >= 11 is 12.2. The molecule has 0 bridgehead atoms. The van der Waals surface area contributed by atoms with Gasteiger partial charge in [-0.15, -0.1) is 0 Å². The van der Waals surface area contributed by atoms with Gasteiger partial charge in [0.2, 0.25) is 0 Å². The Morgan fingerprint density at radius 3 is 2.11 bits per heavy atom. The Morgan fingerprint density at radius 2 is 1.58 bits per heavy atom. The first-order valence-corrected chi connectivity index (χ1v) is 6.57. The van der Waals surface area contributed by atoms with Crippen LogP contribution in [0.1, 0.15) is 18.1 Å². The molecule has 0 aliphatic rings. The van der Waals surface area contributed by atoms with Crippen LogP contribution in [0.3, 0.4) is 0 Å². The second kappa shape index (κ2) is 7.88. The topological polar surface area (TPSA) is 3.88 Å². The Balaban J connectivity index is 0.00000180. The molecule has 0 saturated heterocycles. The minimum absolute atomic E-state index is 0. The third kappa shape index (κ3) is 4.48. The molecule has 0 aliphatic heterocycles. The molecule has 0 aliphatic carbocycles. The monoisotopic (exact) mass is 405 g/mol. The molecule has 4 heteroatoms. The average molecular weight is 406 g/mol. The quantitative estimate of drug-likeness (QED) is 0.538. The molecule has 1 nitrogen and oxygen atoms in total. The van der Waals surface area contributed by atoms with E-state index in [1.165, 1.54) is 0 Å². The molecule has 0 unspecified atom stereocenters. The van der Waals surface area contributed by atoms with Crippen LogP contribution in [-0.2, 0) is 6.54 Å². The molecule has 0 N–H and O–H groups in total. The standard InChI is InChI=1S/C15H14Cl2N.HI/c1-2-18-10-8-12(9-11-18)6-7-13-14(16)4-3-5-15(13)17;/h3-11H,2H2,1H3;1H/q+1;/p-1/b7-6-;. The zero-order valence-electron chi connectivity index (χ0n) is 10.5. The number of halogens is 3. The van der Waals surface area contributed by atoms with Gasteiger partial charge in [-0.25, -0.2) is 4.57 Å². The smallest absolute Gasteiger partial charge is 0.169 e. The number of aryl methyl sites for hydroxylation is 1. The van der Waals surface area contributed by atoms with E-state index in [0.29, 0.717) is 10.0 Å². The Kier molecular flexibility index (Phi) is 6.83. The number of benzene rings is 1. The van der Waals surface area contributed by atoms with E-state index in [1.54, 1.807) is 0 Å².